The molecule has 1 saturated heterocycles. The fourth-order valence-corrected chi connectivity index (χ4v) is 3.46. The molecule has 1 aromatic heterocycles. The molecule has 0 bridgehead atoms. The van der Waals surface area contributed by atoms with E-state index in [-0.39, 0.29) is 11.7 Å². The van der Waals surface area contributed by atoms with Gasteiger partial charge in [-0.15, -0.1) is 11.3 Å². The van der Waals surface area contributed by atoms with Crippen LogP contribution in [0.1, 0.15) is 49.8 Å². The van der Waals surface area contributed by atoms with Crippen molar-refractivity contribution in [2.75, 3.05) is 13.1 Å². The van der Waals surface area contributed by atoms with E-state index in [9.17, 15) is 9.18 Å². The Balaban J connectivity index is 0.000000545. The van der Waals surface area contributed by atoms with Gasteiger partial charge in [-0.1, -0.05) is 27.2 Å². The standard InChI is InChI=1S/C14H15FN2OS.C3H8/c1-9-3-2-6-17(8-9)14(18)13-16-11-5-4-10(15)7-12(11)19-13;1-3-2/h4-5,7,9H,2-3,6,8H2,1H3;3H2,1-2H3. The van der Waals surface area contributed by atoms with Crippen LogP contribution in [0.4, 0.5) is 4.39 Å². The summed E-state index contributed by atoms with van der Waals surface area (Å²) in [5, 5.41) is 0.467. The molecule has 22 heavy (non-hydrogen) atoms. The van der Waals surface area contributed by atoms with Gasteiger partial charge in [0.05, 0.1) is 10.2 Å². The van der Waals surface area contributed by atoms with E-state index in [0.29, 0.717) is 16.4 Å². The van der Waals surface area contributed by atoms with Crippen LogP contribution in [0.25, 0.3) is 10.2 Å². The number of rotatable bonds is 1. The van der Waals surface area contributed by atoms with Gasteiger partial charge in [-0.2, -0.15) is 0 Å². The van der Waals surface area contributed by atoms with Crippen LogP contribution in [0.3, 0.4) is 0 Å². The first-order chi connectivity index (χ1) is 10.5. The largest absolute Gasteiger partial charge is 0.336 e. The third-order valence-electron chi connectivity index (χ3n) is 3.48. The summed E-state index contributed by atoms with van der Waals surface area (Å²) in [7, 11) is 0. The van der Waals surface area contributed by atoms with Crippen LogP contribution in [0.15, 0.2) is 18.2 Å². The predicted molar refractivity (Wildman–Crippen MR) is 89.8 cm³/mol. The van der Waals surface area contributed by atoms with E-state index in [1.165, 1.54) is 36.3 Å². The van der Waals surface area contributed by atoms with Crippen molar-refractivity contribution in [2.45, 2.75) is 40.0 Å². The fraction of sp³-hybridized carbons (Fsp3) is 0.529. The molecule has 5 heteroatoms. The summed E-state index contributed by atoms with van der Waals surface area (Å²) in [5.74, 6) is 0.236. The molecular weight excluding hydrogens is 299 g/mol. The Morgan fingerprint density at radius 1 is 1.45 bits per heavy atom. The van der Waals surface area contributed by atoms with Gasteiger partial charge in [-0.05, 0) is 37.0 Å². The first-order valence-corrected chi connectivity index (χ1v) is 8.72. The SMILES string of the molecule is CC1CCCN(C(=O)c2nc3ccc(F)cc3s2)C1.CCC. The second-order valence-corrected chi connectivity index (χ2v) is 6.87. The molecule has 0 aliphatic carbocycles. The minimum Gasteiger partial charge on any atom is -0.336 e. The van der Waals surface area contributed by atoms with Gasteiger partial charge in [0.15, 0.2) is 5.01 Å². The average Bonchev–Trinajstić information content (AvgIpc) is 2.90. The number of nitrogens with zero attached hydrogens (tertiary/aromatic N) is 2. The van der Waals surface area contributed by atoms with Crippen molar-refractivity contribution in [3.05, 3.63) is 29.0 Å². The summed E-state index contributed by atoms with van der Waals surface area (Å²) >= 11 is 1.27. The number of amides is 1. The molecular formula is C17H23FN2OS. The Bertz CT molecular complexity index is 641. The van der Waals surface area contributed by atoms with Gasteiger partial charge in [0.25, 0.3) is 5.91 Å². The first-order valence-electron chi connectivity index (χ1n) is 7.90. The predicted octanol–water partition coefficient (Wildman–Crippen LogP) is 4.72. The van der Waals surface area contributed by atoms with Crippen LogP contribution < -0.4 is 0 Å². The lowest BCUT2D eigenvalue weighted by atomic mass is 10.0. The number of hydrogen-bond donors (Lipinski definition) is 0. The van der Waals surface area contributed by atoms with Crippen molar-refractivity contribution in [2.24, 2.45) is 5.92 Å². The normalized spacial score (nSPS) is 18.0. The Hall–Kier alpha value is -1.49. The van der Waals surface area contributed by atoms with Gasteiger partial charge < -0.3 is 4.90 Å². The number of benzene rings is 1. The maximum Gasteiger partial charge on any atom is 0.282 e. The minimum atomic E-state index is -0.290. The molecule has 1 aliphatic rings. The topological polar surface area (TPSA) is 33.2 Å². The molecule has 120 valence electrons. The van der Waals surface area contributed by atoms with E-state index in [1.54, 1.807) is 6.07 Å². The third kappa shape index (κ3) is 4.03. The van der Waals surface area contributed by atoms with Crippen LogP contribution in [-0.2, 0) is 0 Å². The second kappa shape index (κ2) is 7.68. The van der Waals surface area contributed by atoms with Gasteiger partial charge in [0.1, 0.15) is 5.82 Å². The fourth-order valence-electron chi connectivity index (χ4n) is 2.50. The number of hydrogen-bond acceptors (Lipinski definition) is 3. The number of aromatic nitrogens is 1. The molecule has 0 saturated carbocycles. The van der Waals surface area contributed by atoms with E-state index < -0.39 is 0 Å². The molecule has 1 atom stereocenters. The van der Waals surface area contributed by atoms with E-state index in [4.69, 9.17) is 0 Å². The highest BCUT2D eigenvalue weighted by molar-refractivity contribution is 7.20. The summed E-state index contributed by atoms with van der Waals surface area (Å²) in [6.07, 6.45) is 3.47. The van der Waals surface area contributed by atoms with Crippen LogP contribution >= 0.6 is 11.3 Å². The van der Waals surface area contributed by atoms with Gasteiger partial charge >= 0.3 is 0 Å². The average molecular weight is 322 g/mol. The zero-order valence-electron chi connectivity index (χ0n) is 13.4. The van der Waals surface area contributed by atoms with Crippen LogP contribution in [0, 0.1) is 11.7 Å². The minimum absolute atomic E-state index is 0.0202. The van der Waals surface area contributed by atoms with Gasteiger partial charge in [-0.3, -0.25) is 4.79 Å². The van der Waals surface area contributed by atoms with Gasteiger partial charge in [-0.25, -0.2) is 9.37 Å². The maximum atomic E-state index is 13.1. The molecule has 2 heterocycles. The number of carbonyl (C=O) groups excluding carboxylic acids is 1. The van der Waals surface area contributed by atoms with Gasteiger partial charge in [0.2, 0.25) is 0 Å². The number of thiazole rings is 1. The van der Waals surface area contributed by atoms with Crippen molar-refractivity contribution in [1.82, 2.24) is 9.88 Å². The molecule has 1 unspecified atom stereocenters. The Kier molecular flexibility index (Phi) is 5.89. The Morgan fingerprint density at radius 2 is 2.18 bits per heavy atom. The third-order valence-corrected chi connectivity index (χ3v) is 4.48. The molecule has 1 amide bonds. The van der Waals surface area contributed by atoms with E-state index in [2.05, 4.69) is 25.8 Å². The van der Waals surface area contributed by atoms with E-state index in [0.717, 1.165) is 24.2 Å². The maximum absolute atomic E-state index is 13.1. The number of likely N-dealkylation sites (tertiary alicyclic amines) is 1. The molecule has 3 rings (SSSR count). The molecule has 3 nitrogen and oxygen atoms in total. The zero-order valence-corrected chi connectivity index (χ0v) is 14.3. The van der Waals surface area contributed by atoms with Crippen molar-refractivity contribution in [3.63, 3.8) is 0 Å². The van der Waals surface area contributed by atoms with E-state index >= 15 is 0 Å². The Labute approximate surface area is 135 Å². The lowest BCUT2D eigenvalue weighted by Crippen LogP contribution is -2.39. The van der Waals surface area contributed by atoms with Crippen molar-refractivity contribution >= 4 is 27.5 Å². The highest BCUT2D eigenvalue weighted by Crippen LogP contribution is 2.25. The van der Waals surface area contributed by atoms with Crippen LogP contribution in [-0.4, -0.2) is 28.9 Å². The monoisotopic (exact) mass is 322 g/mol. The molecule has 0 N–H and O–H groups in total. The van der Waals surface area contributed by atoms with Crippen LogP contribution in [0.5, 0.6) is 0 Å². The summed E-state index contributed by atoms with van der Waals surface area (Å²) in [6, 6.07) is 4.43. The smallest absolute Gasteiger partial charge is 0.282 e. The highest BCUT2D eigenvalue weighted by atomic mass is 32.1. The van der Waals surface area contributed by atoms with Crippen molar-refractivity contribution in [1.29, 1.82) is 0 Å². The number of carbonyl (C=O) groups is 1. The second-order valence-electron chi connectivity index (χ2n) is 5.84. The molecule has 1 fully saturated rings. The summed E-state index contributed by atoms with van der Waals surface area (Å²) in [5.41, 5.74) is 0.694. The van der Waals surface area contributed by atoms with Crippen molar-refractivity contribution in [3.8, 4) is 0 Å². The van der Waals surface area contributed by atoms with Crippen LogP contribution in [0.2, 0.25) is 0 Å². The molecule has 1 aromatic carbocycles. The summed E-state index contributed by atoms with van der Waals surface area (Å²) < 4.78 is 13.9. The lowest BCUT2D eigenvalue weighted by Gasteiger charge is -2.30. The van der Waals surface area contributed by atoms with E-state index in [1.807, 2.05) is 4.90 Å². The Morgan fingerprint density at radius 3 is 2.86 bits per heavy atom. The zero-order chi connectivity index (χ0) is 16.1. The molecule has 0 spiro atoms. The molecule has 1 aliphatic heterocycles. The lowest BCUT2D eigenvalue weighted by molar-refractivity contribution is 0.0683. The van der Waals surface area contributed by atoms with Gasteiger partial charge in [0, 0.05) is 13.1 Å². The highest BCUT2D eigenvalue weighted by Gasteiger charge is 2.24. The molecule has 0 radical (unpaired) electrons. The van der Waals surface area contributed by atoms with Crippen molar-refractivity contribution < 1.29 is 9.18 Å². The summed E-state index contributed by atoms with van der Waals surface area (Å²) in [6.45, 7) is 8.00. The first kappa shape index (κ1) is 16.9. The number of halogens is 1. The summed E-state index contributed by atoms with van der Waals surface area (Å²) in [4.78, 5) is 18.6. The molecule has 2 aromatic rings. The number of piperidine rings is 1. The number of fused-ring (bicyclic) bond motifs is 1. The quantitative estimate of drug-likeness (QED) is 0.761.